The lowest BCUT2D eigenvalue weighted by Gasteiger charge is -2.38. The second kappa shape index (κ2) is 8.10. The Hall–Kier alpha value is -1.43. The van der Waals surface area contributed by atoms with E-state index in [2.05, 4.69) is 24.4 Å². The normalized spacial score (nSPS) is 27.4. The van der Waals surface area contributed by atoms with Gasteiger partial charge < -0.3 is 19.7 Å². The Bertz CT molecular complexity index is 557. The Labute approximate surface area is 144 Å². The quantitative estimate of drug-likeness (QED) is 0.897. The summed E-state index contributed by atoms with van der Waals surface area (Å²) in [7, 11) is 0. The zero-order chi connectivity index (χ0) is 16.9. The van der Waals surface area contributed by atoms with Crippen LogP contribution < -0.4 is 5.32 Å². The maximum absolute atomic E-state index is 12.6. The van der Waals surface area contributed by atoms with Crippen molar-refractivity contribution >= 4 is 5.91 Å². The average Bonchev–Trinajstić information content (AvgIpc) is 3.09. The van der Waals surface area contributed by atoms with Gasteiger partial charge in [-0.25, -0.2) is 0 Å². The molecule has 1 N–H and O–H groups in total. The number of hydrogen-bond donors (Lipinski definition) is 1. The second-order valence-corrected chi connectivity index (χ2v) is 6.84. The third kappa shape index (κ3) is 4.15. The van der Waals surface area contributed by atoms with Crippen LogP contribution in [-0.4, -0.2) is 55.8 Å². The molecular weight excluding hydrogens is 304 g/mol. The molecule has 0 radical (unpaired) electrons. The third-order valence-corrected chi connectivity index (χ3v) is 4.96. The van der Waals surface area contributed by atoms with Gasteiger partial charge in [0.05, 0.1) is 31.8 Å². The second-order valence-electron chi connectivity index (χ2n) is 6.84. The third-order valence-electron chi connectivity index (χ3n) is 4.96. The van der Waals surface area contributed by atoms with Crippen LogP contribution >= 0.6 is 0 Å². The molecule has 0 saturated carbocycles. The van der Waals surface area contributed by atoms with Gasteiger partial charge in [-0.05, 0) is 37.8 Å². The number of amides is 1. The van der Waals surface area contributed by atoms with Gasteiger partial charge in [0.2, 0.25) is 5.91 Å². The minimum absolute atomic E-state index is 0.0375. The summed E-state index contributed by atoms with van der Waals surface area (Å²) in [5.41, 5.74) is 2.38. The first kappa shape index (κ1) is 17.4. The van der Waals surface area contributed by atoms with Crippen LogP contribution in [0.1, 0.15) is 37.0 Å². The molecule has 1 amide bonds. The molecule has 24 heavy (non-hydrogen) atoms. The van der Waals surface area contributed by atoms with Crippen molar-refractivity contribution in [2.75, 3.05) is 32.8 Å². The lowest BCUT2D eigenvalue weighted by atomic mass is 10.0. The minimum atomic E-state index is -0.0375. The maximum Gasteiger partial charge on any atom is 0.236 e. The summed E-state index contributed by atoms with van der Waals surface area (Å²) in [6.07, 6.45) is 2.44. The first-order valence-electron chi connectivity index (χ1n) is 8.94. The highest BCUT2D eigenvalue weighted by molar-refractivity contribution is 5.78. The molecule has 0 aromatic heterocycles. The van der Waals surface area contributed by atoms with E-state index >= 15 is 0 Å². The molecule has 3 rings (SSSR count). The fraction of sp³-hybridized carbons (Fsp3) is 0.632. The predicted octanol–water partition coefficient (Wildman–Crippen LogP) is 2.05. The molecule has 2 heterocycles. The molecule has 132 valence electrons. The van der Waals surface area contributed by atoms with E-state index in [9.17, 15) is 4.79 Å². The molecule has 0 aliphatic carbocycles. The van der Waals surface area contributed by atoms with Crippen molar-refractivity contribution in [1.82, 2.24) is 10.2 Å². The highest BCUT2D eigenvalue weighted by Crippen LogP contribution is 2.27. The Balaban J connectivity index is 1.55. The number of nitrogens with zero attached hydrogens (tertiary/aromatic N) is 1. The zero-order valence-electron chi connectivity index (χ0n) is 14.7. The molecule has 0 unspecified atom stereocenters. The summed E-state index contributed by atoms with van der Waals surface area (Å²) >= 11 is 0. The summed E-state index contributed by atoms with van der Waals surface area (Å²) < 4.78 is 11.6. The van der Waals surface area contributed by atoms with Gasteiger partial charge in [0.1, 0.15) is 6.10 Å². The Morgan fingerprint density at radius 1 is 1.33 bits per heavy atom. The number of carbonyl (C=O) groups excluding carboxylic acids is 1. The van der Waals surface area contributed by atoms with Crippen molar-refractivity contribution in [3.8, 4) is 0 Å². The molecule has 0 spiro atoms. The highest BCUT2D eigenvalue weighted by Gasteiger charge is 2.30. The summed E-state index contributed by atoms with van der Waals surface area (Å²) in [5, 5.41) is 3.25. The number of morpholine rings is 1. The smallest absolute Gasteiger partial charge is 0.236 e. The molecule has 0 bridgehead atoms. The highest BCUT2D eigenvalue weighted by atomic mass is 16.5. The van der Waals surface area contributed by atoms with Crippen molar-refractivity contribution in [1.29, 1.82) is 0 Å². The molecular formula is C19H28N2O3. The van der Waals surface area contributed by atoms with E-state index in [0.29, 0.717) is 19.7 Å². The molecule has 5 heteroatoms. The van der Waals surface area contributed by atoms with Gasteiger partial charge in [-0.15, -0.1) is 0 Å². The Morgan fingerprint density at radius 3 is 2.92 bits per heavy atom. The molecule has 2 aliphatic heterocycles. The standard InChI is InChI=1S/C19H28N2O3/c1-14-6-3-4-8-17(14)18-12-21(15(2)13-24-18)19(22)11-20-10-16-7-5-9-23-16/h3-4,6,8,15-16,18,20H,5,7,9-13H2,1-2H3/t15-,16+,18+/m1/s1. The fourth-order valence-electron chi connectivity index (χ4n) is 3.49. The number of carbonyl (C=O) groups is 1. The van der Waals surface area contributed by atoms with Crippen LogP contribution in [0.25, 0.3) is 0 Å². The first-order chi connectivity index (χ1) is 11.6. The van der Waals surface area contributed by atoms with Gasteiger partial charge in [0, 0.05) is 13.2 Å². The van der Waals surface area contributed by atoms with E-state index in [1.807, 2.05) is 24.0 Å². The lowest BCUT2D eigenvalue weighted by molar-refractivity contribution is -0.143. The fourth-order valence-corrected chi connectivity index (χ4v) is 3.49. The van der Waals surface area contributed by atoms with E-state index in [0.717, 1.165) is 26.0 Å². The summed E-state index contributed by atoms with van der Waals surface area (Å²) in [4.78, 5) is 14.6. The van der Waals surface area contributed by atoms with Gasteiger partial charge in [-0.3, -0.25) is 4.79 Å². The van der Waals surface area contributed by atoms with Gasteiger partial charge in [0.25, 0.3) is 0 Å². The topological polar surface area (TPSA) is 50.8 Å². The van der Waals surface area contributed by atoms with E-state index < -0.39 is 0 Å². The van der Waals surface area contributed by atoms with Gasteiger partial charge in [0.15, 0.2) is 0 Å². The van der Waals surface area contributed by atoms with Crippen molar-refractivity contribution in [3.63, 3.8) is 0 Å². The number of rotatable bonds is 5. The lowest BCUT2D eigenvalue weighted by Crippen LogP contribution is -2.51. The summed E-state index contributed by atoms with van der Waals surface area (Å²) in [5.74, 6) is 0.141. The van der Waals surface area contributed by atoms with Crippen LogP contribution in [0.3, 0.4) is 0 Å². The van der Waals surface area contributed by atoms with E-state index in [-0.39, 0.29) is 24.2 Å². The maximum atomic E-state index is 12.6. The molecule has 2 fully saturated rings. The van der Waals surface area contributed by atoms with Crippen LogP contribution in [-0.2, 0) is 14.3 Å². The molecule has 2 saturated heterocycles. The molecule has 1 aromatic rings. The van der Waals surface area contributed by atoms with E-state index in [1.165, 1.54) is 11.1 Å². The molecule has 3 atom stereocenters. The van der Waals surface area contributed by atoms with Crippen LogP contribution in [0.15, 0.2) is 24.3 Å². The van der Waals surface area contributed by atoms with Gasteiger partial charge in [-0.2, -0.15) is 0 Å². The van der Waals surface area contributed by atoms with Crippen molar-refractivity contribution in [2.45, 2.75) is 44.9 Å². The largest absolute Gasteiger partial charge is 0.377 e. The van der Waals surface area contributed by atoms with Crippen molar-refractivity contribution < 1.29 is 14.3 Å². The van der Waals surface area contributed by atoms with Crippen LogP contribution in [0.4, 0.5) is 0 Å². The van der Waals surface area contributed by atoms with Crippen LogP contribution in [0.2, 0.25) is 0 Å². The summed E-state index contributed by atoms with van der Waals surface area (Å²) in [6, 6.07) is 8.35. The van der Waals surface area contributed by atoms with Crippen molar-refractivity contribution in [2.24, 2.45) is 0 Å². The van der Waals surface area contributed by atoms with E-state index in [4.69, 9.17) is 9.47 Å². The zero-order valence-corrected chi connectivity index (χ0v) is 14.7. The number of ether oxygens (including phenoxy) is 2. The SMILES string of the molecule is Cc1ccccc1[C@@H]1CN(C(=O)CNC[C@@H]2CCCO2)[C@H](C)CO1. The minimum Gasteiger partial charge on any atom is -0.377 e. The van der Waals surface area contributed by atoms with Crippen LogP contribution in [0.5, 0.6) is 0 Å². The number of benzene rings is 1. The molecule has 1 aromatic carbocycles. The monoisotopic (exact) mass is 332 g/mol. The first-order valence-corrected chi connectivity index (χ1v) is 8.94. The average molecular weight is 332 g/mol. The predicted molar refractivity (Wildman–Crippen MR) is 92.9 cm³/mol. The van der Waals surface area contributed by atoms with Crippen LogP contribution in [0, 0.1) is 6.92 Å². The number of hydrogen-bond acceptors (Lipinski definition) is 4. The molecule has 5 nitrogen and oxygen atoms in total. The molecule has 2 aliphatic rings. The number of nitrogens with one attached hydrogen (secondary N) is 1. The Kier molecular flexibility index (Phi) is 5.87. The van der Waals surface area contributed by atoms with Gasteiger partial charge in [-0.1, -0.05) is 24.3 Å². The van der Waals surface area contributed by atoms with E-state index in [1.54, 1.807) is 0 Å². The summed E-state index contributed by atoms with van der Waals surface area (Å²) in [6.45, 7) is 7.30. The van der Waals surface area contributed by atoms with Crippen molar-refractivity contribution in [3.05, 3.63) is 35.4 Å². The number of aryl methyl sites for hydroxylation is 1. The van der Waals surface area contributed by atoms with Gasteiger partial charge >= 0.3 is 0 Å². The Morgan fingerprint density at radius 2 is 2.17 bits per heavy atom.